The lowest BCUT2D eigenvalue weighted by Gasteiger charge is -2.14. The quantitative estimate of drug-likeness (QED) is 0.597. The summed E-state index contributed by atoms with van der Waals surface area (Å²) in [5.41, 5.74) is 1.51. The lowest BCUT2D eigenvalue weighted by atomic mass is 10.2. The molecule has 4 rings (SSSR count). The zero-order chi connectivity index (χ0) is 23.3. The molecule has 0 bridgehead atoms. The monoisotopic (exact) mass is 475 g/mol. The molecule has 176 valence electrons. The summed E-state index contributed by atoms with van der Waals surface area (Å²) in [5, 5.41) is 2.76. The molecule has 11 heteroatoms. The number of carbonyl (C=O) groups is 2. The molecule has 2 aromatic rings. The number of hydrogen-bond acceptors (Lipinski definition) is 7. The first kappa shape index (κ1) is 22.9. The van der Waals surface area contributed by atoms with Crippen molar-refractivity contribution in [3.05, 3.63) is 48.0 Å². The number of carbonyl (C=O) groups excluding carboxylic acids is 2. The van der Waals surface area contributed by atoms with E-state index in [9.17, 15) is 18.0 Å². The molecule has 0 aliphatic carbocycles. The van der Waals surface area contributed by atoms with E-state index in [1.807, 2.05) is 6.07 Å². The molecule has 1 saturated heterocycles. The molecule has 10 nitrogen and oxygen atoms in total. The minimum absolute atomic E-state index is 0.0259. The number of fused-ring (bicyclic) bond motifs is 1. The van der Waals surface area contributed by atoms with Gasteiger partial charge in [-0.2, -0.15) is 0 Å². The van der Waals surface area contributed by atoms with Gasteiger partial charge in [-0.15, -0.1) is 0 Å². The van der Waals surface area contributed by atoms with Gasteiger partial charge in [0, 0.05) is 37.7 Å². The first-order valence-electron chi connectivity index (χ1n) is 10.6. The highest BCUT2D eigenvalue weighted by atomic mass is 32.2. The van der Waals surface area contributed by atoms with E-state index in [0.717, 1.165) is 12.0 Å². The number of nitrogens with zero attached hydrogens (tertiary/aromatic N) is 1. The van der Waals surface area contributed by atoms with E-state index in [0.29, 0.717) is 43.6 Å². The van der Waals surface area contributed by atoms with E-state index in [-0.39, 0.29) is 30.3 Å². The molecule has 2 N–H and O–H groups in total. The fourth-order valence-electron chi connectivity index (χ4n) is 3.44. The molecular weight excluding hydrogens is 450 g/mol. The highest BCUT2D eigenvalue weighted by molar-refractivity contribution is 7.89. The highest BCUT2D eigenvalue weighted by Gasteiger charge is 2.23. The Kier molecular flexibility index (Phi) is 6.99. The fourth-order valence-corrected chi connectivity index (χ4v) is 4.49. The van der Waals surface area contributed by atoms with E-state index < -0.39 is 16.1 Å². The Morgan fingerprint density at radius 3 is 2.61 bits per heavy atom. The molecule has 0 atom stereocenters. The zero-order valence-electron chi connectivity index (χ0n) is 17.9. The predicted molar refractivity (Wildman–Crippen MR) is 119 cm³/mol. The van der Waals surface area contributed by atoms with Gasteiger partial charge < -0.3 is 19.5 Å². The van der Waals surface area contributed by atoms with Crippen LogP contribution in [0.15, 0.2) is 47.4 Å². The van der Waals surface area contributed by atoms with Crippen LogP contribution in [0.1, 0.15) is 18.4 Å². The molecule has 0 unspecified atom stereocenters. The Bertz CT molecular complexity index is 1140. The van der Waals surface area contributed by atoms with Crippen molar-refractivity contribution in [1.82, 2.24) is 10.0 Å². The summed E-state index contributed by atoms with van der Waals surface area (Å²) < 4.78 is 43.6. The molecule has 2 amide bonds. The van der Waals surface area contributed by atoms with Crippen molar-refractivity contribution in [2.24, 2.45) is 0 Å². The van der Waals surface area contributed by atoms with Crippen molar-refractivity contribution >= 4 is 27.7 Å². The van der Waals surface area contributed by atoms with Crippen LogP contribution in [0.4, 0.5) is 10.5 Å². The number of rotatable bonds is 8. The summed E-state index contributed by atoms with van der Waals surface area (Å²) in [5.74, 6) is 0.594. The van der Waals surface area contributed by atoms with Gasteiger partial charge in [0.15, 0.2) is 11.5 Å². The van der Waals surface area contributed by atoms with Gasteiger partial charge in [0.2, 0.25) is 15.9 Å². The summed E-state index contributed by atoms with van der Waals surface area (Å²) in [4.78, 5) is 25.5. The van der Waals surface area contributed by atoms with Crippen LogP contribution in [0.5, 0.6) is 11.5 Å². The second-order valence-electron chi connectivity index (χ2n) is 7.52. The van der Waals surface area contributed by atoms with Crippen LogP contribution in [0.3, 0.4) is 0 Å². The van der Waals surface area contributed by atoms with Crippen LogP contribution in [0, 0.1) is 0 Å². The van der Waals surface area contributed by atoms with Crippen molar-refractivity contribution in [1.29, 1.82) is 0 Å². The summed E-state index contributed by atoms with van der Waals surface area (Å²) in [7, 11) is -3.80. The molecule has 2 aliphatic heterocycles. The summed E-state index contributed by atoms with van der Waals surface area (Å²) in [6, 6.07) is 11.7. The number of anilines is 1. The molecule has 0 aromatic heterocycles. The van der Waals surface area contributed by atoms with Crippen LogP contribution in [-0.4, -0.2) is 53.3 Å². The van der Waals surface area contributed by atoms with Crippen molar-refractivity contribution in [3.8, 4) is 11.5 Å². The number of hydrogen-bond donors (Lipinski definition) is 2. The Labute approximate surface area is 191 Å². The Hall–Kier alpha value is -3.31. The first-order valence-corrected chi connectivity index (χ1v) is 12.1. The third-order valence-corrected chi connectivity index (χ3v) is 6.60. The lowest BCUT2D eigenvalue weighted by Crippen LogP contribution is -2.30. The Balaban J connectivity index is 1.26. The number of sulfonamides is 1. The minimum Gasteiger partial charge on any atom is -0.490 e. The second kappa shape index (κ2) is 10.1. The average Bonchev–Trinajstić information content (AvgIpc) is 3.09. The van der Waals surface area contributed by atoms with Crippen molar-refractivity contribution in [3.63, 3.8) is 0 Å². The molecule has 2 heterocycles. The van der Waals surface area contributed by atoms with Crippen LogP contribution in [-0.2, 0) is 26.1 Å². The fraction of sp³-hybridized carbons (Fsp3) is 0.364. The van der Waals surface area contributed by atoms with Gasteiger partial charge in [-0.25, -0.2) is 17.9 Å². The van der Waals surface area contributed by atoms with Crippen molar-refractivity contribution in [2.45, 2.75) is 24.3 Å². The predicted octanol–water partition coefficient (Wildman–Crippen LogP) is 1.79. The second-order valence-corrected chi connectivity index (χ2v) is 9.29. The van der Waals surface area contributed by atoms with E-state index in [1.54, 1.807) is 24.3 Å². The number of nitrogens with one attached hydrogen (secondary N) is 2. The van der Waals surface area contributed by atoms with Crippen LogP contribution in [0.2, 0.25) is 0 Å². The van der Waals surface area contributed by atoms with Gasteiger partial charge in [-0.05, 0) is 29.8 Å². The van der Waals surface area contributed by atoms with E-state index in [4.69, 9.17) is 14.2 Å². The molecule has 2 aromatic carbocycles. The third-order valence-electron chi connectivity index (χ3n) is 5.15. The van der Waals surface area contributed by atoms with Gasteiger partial charge in [-0.1, -0.05) is 12.1 Å². The Morgan fingerprint density at radius 2 is 1.82 bits per heavy atom. The lowest BCUT2D eigenvalue weighted by molar-refractivity contribution is -0.121. The zero-order valence-corrected chi connectivity index (χ0v) is 18.7. The number of ether oxygens (including phenoxy) is 3. The average molecular weight is 476 g/mol. The van der Waals surface area contributed by atoms with Crippen LogP contribution in [0.25, 0.3) is 0 Å². The maximum atomic E-state index is 12.6. The first-order chi connectivity index (χ1) is 15.9. The molecule has 1 fully saturated rings. The maximum absolute atomic E-state index is 12.6. The SMILES string of the molecule is O=C(CCNS(=O)(=O)c1ccc2c(c1)OCCCO2)NCc1cccc(N2CCOC2=O)c1. The van der Waals surface area contributed by atoms with Crippen LogP contribution < -0.4 is 24.4 Å². The molecular formula is C22H25N3O7S. The molecule has 0 saturated carbocycles. The molecule has 0 spiro atoms. The molecule has 33 heavy (non-hydrogen) atoms. The van der Waals surface area contributed by atoms with Gasteiger partial charge in [-0.3, -0.25) is 9.69 Å². The van der Waals surface area contributed by atoms with Crippen molar-refractivity contribution < 1.29 is 32.2 Å². The number of amides is 2. The summed E-state index contributed by atoms with van der Waals surface area (Å²) >= 11 is 0. The van der Waals surface area contributed by atoms with Gasteiger partial charge in [0.25, 0.3) is 0 Å². The summed E-state index contributed by atoms with van der Waals surface area (Å²) in [6.07, 6.45) is 0.304. The molecule has 2 aliphatic rings. The minimum atomic E-state index is -3.80. The highest BCUT2D eigenvalue weighted by Crippen LogP contribution is 2.31. The smallest absolute Gasteiger partial charge is 0.414 e. The number of cyclic esters (lactones) is 1. The standard InChI is InChI=1S/C22H25N3O7S/c26-21(23-15-16-3-1-4-17(13-16)25-9-12-32-22(25)27)7-8-24-33(28,29)18-5-6-19-20(14-18)31-11-2-10-30-19/h1,3-6,13-14,24H,2,7-12,15H2,(H,23,26). The van der Waals surface area contributed by atoms with E-state index in [2.05, 4.69) is 10.0 Å². The Morgan fingerprint density at radius 1 is 1.00 bits per heavy atom. The topological polar surface area (TPSA) is 123 Å². The van der Waals surface area contributed by atoms with E-state index in [1.165, 1.54) is 17.0 Å². The van der Waals surface area contributed by atoms with Gasteiger partial charge >= 0.3 is 6.09 Å². The third kappa shape index (κ3) is 5.74. The normalized spacial score (nSPS) is 15.6. The summed E-state index contributed by atoms with van der Waals surface area (Å²) in [6.45, 7) is 2.00. The van der Waals surface area contributed by atoms with Gasteiger partial charge in [0.05, 0.1) is 24.7 Å². The number of benzene rings is 2. The van der Waals surface area contributed by atoms with Crippen molar-refractivity contribution in [2.75, 3.05) is 37.8 Å². The van der Waals surface area contributed by atoms with Crippen LogP contribution >= 0.6 is 0 Å². The van der Waals surface area contributed by atoms with E-state index >= 15 is 0 Å². The largest absolute Gasteiger partial charge is 0.490 e. The van der Waals surface area contributed by atoms with Gasteiger partial charge in [0.1, 0.15) is 6.61 Å². The molecule has 0 radical (unpaired) electrons. The maximum Gasteiger partial charge on any atom is 0.414 e.